The van der Waals surface area contributed by atoms with Gasteiger partial charge in [0.25, 0.3) is 5.91 Å². The molecule has 1 N–H and O–H groups in total. The maximum Gasteiger partial charge on any atom is 0.416 e. The minimum absolute atomic E-state index is 0.137. The number of carbonyl (C=O) groups is 1. The van der Waals surface area contributed by atoms with Crippen LogP contribution in [0.4, 0.5) is 13.2 Å². The second-order valence-electron chi connectivity index (χ2n) is 4.32. The Labute approximate surface area is 118 Å². The molecule has 4 nitrogen and oxygen atoms in total. The largest absolute Gasteiger partial charge is 0.619 e. The predicted octanol–water partition coefficient (Wildman–Crippen LogP) is 2.27. The minimum Gasteiger partial charge on any atom is -0.619 e. The van der Waals surface area contributed by atoms with Crippen LogP contribution in [-0.4, -0.2) is 5.91 Å². The summed E-state index contributed by atoms with van der Waals surface area (Å²) in [5.74, 6) is -0.484. The van der Waals surface area contributed by atoms with Crippen LogP contribution in [0.5, 0.6) is 0 Å². The molecule has 7 heteroatoms. The van der Waals surface area contributed by atoms with Gasteiger partial charge >= 0.3 is 6.18 Å². The van der Waals surface area contributed by atoms with Crippen molar-refractivity contribution in [2.75, 3.05) is 0 Å². The van der Waals surface area contributed by atoms with Crippen LogP contribution in [0, 0.1) is 5.21 Å². The molecule has 0 unspecified atom stereocenters. The summed E-state index contributed by atoms with van der Waals surface area (Å²) in [4.78, 5) is 11.8. The van der Waals surface area contributed by atoms with Gasteiger partial charge in [-0.15, -0.1) is 0 Å². The number of aromatic nitrogens is 1. The Bertz CT molecular complexity index is 622. The summed E-state index contributed by atoms with van der Waals surface area (Å²) < 4.78 is 37.8. The van der Waals surface area contributed by atoms with E-state index < -0.39 is 17.6 Å². The summed E-state index contributed by atoms with van der Waals surface area (Å²) in [7, 11) is 0. The number of benzene rings is 1. The quantitative estimate of drug-likeness (QED) is 0.698. The number of nitrogens with zero attached hydrogens (tertiary/aromatic N) is 1. The van der Waals surface area contributed by atoms with E-state index in [9.17, 15) is 23.2 Å². The Kier molecular flexibility index (Phi) is 4.11. The summed E-state index contributed by atoms with van der Waals surface area (Å²) in [6.07, 6.45) is -1.84. The molecule has 1 aromatic carbocycles. The number of rotatable bonds is 3. The topological polar surface area (TPSA) is 56.0 Å². The van der Waals surface area contributed by atoms with Crippen LogP contribution in [0.25, 0.3) is 0 Å². The van der Waals surface area contributed by atoms with Crippen molar-refractivity contribution in [3.63, 3.8) is 0 Å². The molecule has 1 aromatic heterocycles. The van der Waals surface area contributed by atoms with Gasteiger partial charge in [0.15, 0.2) is 12.4 Å². The molecule has 0 saturated carbocycles. The number of pyridine rings is 1. The van der Waals surface area contributed by atoms with Gasteiger partial charge in [0.05, 0.1) is 5.56 Å². The number of hydrogen-bond acceptors (Lipinski definition) is 2. The number of amides is 1. The Morgan fingerprint density at radius 1 is 1.10 bits per heavy atom. The summed E-state index contributed by atoms with van der Waals surface area (Å²) in [6, 6.07) is 7.04. The van der Waals surface area contributed by atoms with Gasteiger partial charge in [-0.1, -0.05) is 0 Å². The van der Waals surface area contributed by atoms with Gasteiger partial charge in [-0.3, -0.25) is 4.79 Å². The van der Waals surface area contributed by atoms with Gasteiger partial charge in [0.1, 0.15) is 0 Å². The first-order valence-electron chi connectivity index (χ1n) is 5.99. The van der Waals surface area contributed by atoms with Crippen molar-refractivity contribution in [3.05, 3.63) is 70.7 Å². The van der Waals surface area contributed by atoms with Crippen molar-refractivity contribution in [3.8, 4) is 0 Å². The van der Waals surface area contributed by atoms with Crippen LogP contribution in [-0.2, 0) is 12.7 Å². The van der Waals surface area contributed by atoms with Crippen LogP contribution in [0.3, 0.4) is 0 Å². The van der Waals surface area contributed by atoms with Crippen LogP contribution < -0.4 is 10.0 Å². The summed E-state index contributed by atoms with van der Waals surface area (Å²) in [5.41, 5.74) is 0.0438. The standard InChI is InChI=1S/C14H11F3N2O2/c15-14(16,17)12-3-1-11(2-4-12)13(20)18-9-10-5-7-19(21)8-6-10/h1-8H,9H2,(H,18,20). The fraction of sp³-hybridized carbons (Fsp3) is 0.143. The molecule has 1 amide bonds. The van der Waals surface area contributed by atoms with Crippen LogP contribution in [0.15, 0.2) is 48.8 Å². The zero-order valence-electron chi connectivity index (χ0n) is 10.7. The molecule has 0 fully saturated rings. The van der Waals surface area contributed by atoms with Gasteiger partial charge in [-0.05, 0) is 29.8 Å². The normalized spacial score (nSPS) is 11.2. The van der Waals surface area contributed by atoms with Crippen LogP contribution >= 0.6 is 0 Å². The molecule has 21 heavy (non-hydrogen) atoms. The Balaban J connectivity index is 1.99. The number of carbonyl (C=O) groups excluding carboxylic acids is 1. The minimum atomic E-state index is -4.42. The highest BCUT2D eigenvalue weighted by atomic mass is 19.4. The molecule has 0 radical (unpaired) electrons. The molecule has 0 aliphatic heterocycles. The Morgan fingerprint density at radius 2 is 1.67 bits per heavy atom. The summed E-state index contributed by atoms with van der Waals surface area (Å²) >= 11 is 0. The van der Waals surface area contributed by atoms with Crippen molar-refractivity contribution in [2.45, 2.75) is 12.7 Å². The number of alkyl halides is 3. The second kappa shape index (κ2) is 5.82. The zero-order valence-corrected chi connectivity index (χ0v) is 10.7. The second-order valence-corrected chi connectivity index (χ2v) is 4.32. The molecule has 0 aliphatic rings. The molecule has 2 aromatic rings. The van der Waals surface area contributed by atoms with Crippen molar-refractivity contribution in [1.29, 1.82) is 0 Å². The third-order valence-corrected chi connectivity index (χ3v) is 2.80. The highest BCUT2D eigenvalue weighted by Crippen LogP contribution is 2.29. The number of hydrogen-bond donors (Lipinski definition) is 1. The first-order chi connectivity index (χ1) is 9.86. The lowest BCUT2D eigenvalue weighted by atomic mass is 10.1. The van der Waals surface area contributed by atoms with E-state index in [1.165, 1.54) is 12.4 Å². The maximum absolute atomic E-state index is 12.4. The zero-order chi connectivity index (χ0) is 15.5. The molecule has 0 aliphatic carbocycles. The monoisotopic (exact) mass is 296 g/mol. The molecule has 0 bridgehead atoms. The SMILES string of the molecule is O=C(NCc1cc[n+]([O-])cc1)c1ccc(C(F)(F)F)cc1. The third kappa shape index (κ3) is 3.95. The van der Waals surface area contributed by atoms with E-state index in [4.69, 9.17) is 0 Å². The van der Waals surface area contributed by atoms with Crippen molar-refractivity contribution >= 4 is 5.91 Å². The molecular weight excluding hydrogens is 285 g/mol. The molecule has 110 valence electrons. The Hall–Kier alpha value is -2.57. The maximum atomic E-state index is 12.4. The lowest BCUT2D eigenvalue weighted by Gasteiger charge is -2.08. The first-order valence-corrected chi connectivity index (χ1v) is 5.99. The van der Waals surface area contributed by atoms with E-state index in [0.717, 1.165) is 24.3 Å². The van der Waals surface area contributed by atoms with Crippen molar-refractivity contribution in [1.82, 2.24) is 5.32 Å². The summed E-state index contributed by atoms with van der Waals surface area (Å²) in [6.45, 7) is 0.181. The van der Waals surface area contributed by atoms with Crippen molar-refractivity contribution < 1.29 is 22.7 Å². The molecule has 0 spiro atoms. The molecule has 1 heterocycles. The first kappa shape index (κ1) is 14.8. The lowest BCUT2D eigenvalue weighted by Crippen LogP contribution is -2.26. The molecule has 2 rings (SSSR count). The molecule has 0 saturated heterocycles. The number of halogens is 3. The van der Waals surface area contributed by atoms with E-state index in [-0.39, 0.29) is 12.1 Å². The molecular formula is C14H11F3N2O2. The van der Waals surface area contributed by atoms with Crippen LogP contribution in [0.1, 0.15) is 21.5 Å². The Morgan fingerprint density at radius 3 is 2.19 bits per heavy atom. The highest BCUT2D eigenvalue weighted by molar-refractivity contribution is 5.94. The average Bonchev–Trinajstić information content (AvgIpc) is 2.45. The summed E-state index contributed by atoms with van der Waals surface area (Å²) in [5, 5.41) is 13.4. The van der Waals surface area contributed by atoms with Gasteiger partial charge < -0.3 is 10.5 Å². The van der Waals surface area contributed by atoms with Gasteiger partial charge in [0, 0.05) is 24.2 Å². The fourth-order valence-electron chi connectivity index (χ4n) is 1.66. The van der Waals surface area contributed by atoms with Gasteiger partial charge in [-0.25, -0.2) is 0 Å². The van der Waals surface area contributed by atoms with Gasteiger partial charge in [0.2, 0.25) is 0 Å². The predicted molar refractivity (Wildman–Crippen MR) is 68.0 cm³/mol. The lowest BCUT2D eigenvalue weighted by molar-refractivity contribution is -0.605. The third-order valence-electron chi connectivity index (χ3n) is 2.80. The highest BCUT2D eigenvalue weighted by Gasteiger charge is 2.30. The van der Waals surface area contributed by atoms with E-state index >= 15 is 0 Å². The van der Waals surface area contributed by atoms with E-state index in [2.05, 4.69) is 5.32 Å². The average molecular weight is 296 g/mol. The van der Waals surface area contributed by atoms with E-state index in [0.29, 0.717) is 10.3 Å². The molecule has 0 atom stereocenters. The van der Waals surface area contributed by atoms with E-state index in [1.54, 1.807) is 12.1 Å². The van der Waals surface area contributed by atoms with E-state index in [1.807, 2.05) is 0 Å². The van der Waals surface area contributed by atoms with Crippen LogP contribution in [0.2, 0.25) is 0 Å². The smallest absolute Gasteiger partial charge is 0.416 e. The van der Waals surface area contributed by atoms with Crippen molar-refractivity contribution in [2.24, 2.45) is 0 Å². The van der Waals surface area contributed by atoms with Gasteiger partial charge in [-0.2, -0.15) is 17.9 Å². The fourth-order valence-corrected chi connectivity index (χ4v) is 1.66. The number of nitrogens with one attached hydrogen (secondary N) is 1.